The highest BCUT2D eigenvalue weighted by Crippen LogP contribution is 2.32. The van der Waals surface area contributed by atoms with Gasteiger partial charge in [-0.1, -0.05) is 30.3 Å². The van der Waals surface area contributed by atoms with Gasteiger partial charge in [0.15, 0.2) is 5.82 Å². The van der Waals surface area contributed by atoms with E-state index in [4.69, 9.17) is 4.42 Å². The van der Waals surface area contributed by atoms with E-state index in [1.807, 2.05) is 47.4 Å². The van der Waals surface area contributed by atoms with Crippen LogP contribution in [-0.4, -0.2) is 14.8 Å². The molecule has 1 N–H and O–H groups in total. The van der Waals surface area contributed by atoms with Gasteiger partial charge < -0.3 is 9.73 Å². The summed E-state index contributed by atoms with van der Waals surface area (Å²) in [4.78, 5) is 4.46. The molecule has 3 aromatic heterocycles. The number of fused-ring (bicyclic) bond motifs is 1. The van der Waals surface area contributed by atoms with Crippen molar-refractivity contribution >= 4 is 0 Å². The quantitative estimate of drug-likeness (QED) is 0.553. The van der Waals surface area contributed by atoms with Gasteiger partial charge in [-0.25, -0.2) is 9.67 Å². The van der Waals surface area contributed by atoms with E-state index in [1.165, 1.54) is 16.8 Å². The van der Waals surface area contributed by atoms with Gasteiger partial charge in [0.05, 0.1) is 18.2 Å². The number of furan rings is 1. The minimum absolute atomic E-state index is 0.297. The molecule has 0 aliphatic heterocycles. The summed E-state index contributed by atoms with van der Waals surface area (Å²) in [5, 5.41) is 8.38. The van der Waals surface area contributed by atoms with E-state index >= 15 is 0 Å². The van der Waals surface area contributed by atoms with Gasteiger partial charge in [0.1, 0.15) is 5.76 Å². The van der Waals surface area contributed by atoms with Gasteiger partial charge in [0, 0.05) is 29.9 Å². The molecule has 140 valence electrons. The molecular weight excluding hydrogens is 348 g/mol. The summed E-state index contributed by atoms with van der Waals surface area (Å²) in [5.41, 5.74) is 4.93. The van der Waals surface area contributed by atoms with Crippen LogP contribution < -0.4 is 5.32 Å². The zero-order valence-electron chi connectivity index (χ0n) is 15.6. The summed E-state index contributed by atoms with van der Waals surface area (Å²) >= 11 is 0. The highest BCUT2D eigenvalue weighted by Gasteiger charge is 2.25. The van der Waals surface area contributed by atoms with Crippen LogP contribution in [0.3, 0.4) is 0 Å². The zero-order chi connectivity index (χ0) is 18.8. The van der Waals surface area contributed by atoms with Crippen molar-refractivity contribution in [3.63, 3.8) is 0 Å². The molecule has 5 rings (SSSR count). The molecule has 0 radical (unpaired) electrons. The molecular formula is C23H22N4O. The lowest BCUT2D eigenvalue weighted by molar-refractivity contribution is 0.454. The maximum atomic E-state index is 5.61. The van der Waals surface area contributed by atoms with Crippen LogP contribution in [0.25, 0.3) is 17.1 Å². The molecule has 1 aliphatic rings. The first-order chi connectivity index (χ1) is 13.9. The number of hydrogen-bond donors (Lipinski definition) is 1. The zero-order valence-corrected chi connectivity index (χ0v) is 15.6. The summed E-state index contributed by atoms with van der Waals surface area (Å²) < 4.78 is 7.60. The highest BCUT2D eigenvalue weighted by molar-refractivity contribution is 5.61. The smallest absolute Gasteiger partial charge is 0.153 e. The van der Waals surface area contributed by atoms with E-state index in [1.54, 1.807) is 6.26 Å². The molecule has 5 nitrogen and oxygen atoms in total. The number of benzene rings is 1. The van der Waals surface area contributed by atoms with Crippen LogP contribution in [0, 0.1) is 0 Å². The number of nitrogens with one attached hydrogen (secondary N) is 1. The number of rotatable bonds is 5. The van der Waals surface area contributed by atoms with Crippen LogP contribution in [0.1, 0.15) is 35.7 Å². The van der Waals surface area contributed by atoms with Gasteiger partial charge in [0.2, 0.25) is 0 Å². The van der Waals surface area contributed by atoms with Crippen LogP contribution in [0.5, 0.6) is 0 Å². The van der Waals surface area contributed by atoms with E-state index < -0.39 is 0 Å². The molecule has 5 heteroatoms. The second kappa shape index (κ2) is 7.44. The third-order valence-corrected chi connectivity index (χ3v) is 5.39. The minimum Gasteiger partial charge on any atom is -0.464 e. The molecule has 0 amide bonds. The van der Waals surface area contributed by atoms with E-state index in [-0.39, 0.29) is 0 Å². The number of aromatic nitrogens is 3. The second-order valence-electron chi connectivity index (χ2n) is 7.11. The molecule has 1 unspecified atom stereocenters. The molecule has 0 saturated carbocycles. The Kier molecular flexibility index (Phi) is 4.51. The third-order valence-electron chi connectivity index (χ3n) is 5.39. The molecule has 0 fully saturated rings. The molecule has 1 aliphatic carbocycles. The van der Waals surface area contributed by atoms with Crippen LogP contribution in [0.2, 0.25) is 0 Å². The average molecular weight is 370 g/mol. The maximum absolute atomic E-state index is 5.61. The van der Waals surface area contributed by atoms with Crippen molar-refractivity contribution in [1.82, 2.24) is 20.1 Å². The van der Waals surface area contributed by atoms with Crippen molar-refractivity contribution in [3.8, 4) is 17.1 Å². The number of nitrogens with zero attached hydrogens (tertiary/aromatic N) is 3. The van der Waals surface area contributed by atoms with E-state index in [0.29, 0.717) is 6.04 Å². The van der Waals surface area contributed by atoms with Crippen LogP contribution in [-0.2, 0) is 13.0 Å². The SMILES string of the molecule is c1ccc(-n2ncc3c2CCCC3NCc2ccccc2-c2ccco2)nc1. The standard InChI is InChI=1S/C23H22N4O/c1-2-8-18(22-11-6-14-28-22)17(7-1)15-25-20-9-5-10-21-19(20)16-26-27(21)23-12-3-4-13-24-23/h1-4,6-8,11-14,16,20,25H,5,9-10,15H2. The van der Waals surface area contributed by atoms with Crippen molar-refractivity contribution in [2.24, 2.45) is 0 Å². The first-order valence-corrected chi connectivity index (χ1v) is 9.73. The Morgan fingerprint density at radius 2 is 2.00 bits per heavy atom. The van der Waals surface area contributed by atoms with Crippen molar-refractivity contribution in [2.75, 3.05) is 0 Å². The first-order valence-electron chi connectivity index (χ1n) is 9.73. The van der Waals surface area contributed by atoms with E-state index in [0.717, 1.165) is 42.9 Å². The molecule has 1 aromatic carbocycles. The summed E-state index contributed by atoms with van der Waals surface area (Å²) in [6, 6.07) is 18.6. The lowest BCUT2D eigenvalue weighted by Crippen LogP contribution is -2.25. The fourth-order valence-corrected chi connectivity index (χ4v) is 4.03. The lowest BCUT2D eigenvalue weighted by Gasteiger charge is -2.24. The van der Waals surface area contributed by atoms with Gasteiger partial charge in [0.25, 0.3) is 0 Å². The predicted octanol–water partition coefficient (Wildman–Crippen LogP) is 4.69. The van der Waals surface area contributed by atoms with Gasteiger partial charge in [-0.2, -0.15) is 5.10 Å². The fraction of sp³-hybridized carbons (Fsp3) is 0.217. The minimum atomic E-state index is 0.297. The Labute approximate surface area is 164 Å². The van der Waals surface area contributed by atoms with Crippen molar-refractivity contribution in [1.29, 1.82) is 0 Å². The van der Waals surface area contributed by atoms with E-state index in [2.05, 4.69) is 39.7 Å². The largest absolute Gasteiger partial charge is 0.464 e. The molecule has 0 bridgehead atoms. The Morgan fingerprint density at radius 1 is 1.07 bits per heavy atom. The normalized spacial score (nSPS) is 16.1. The second-order valence-corrected chi connectivity index (χ2v) is 7.11. The topological polar surface area (TPSA) is 55.9 Å². The maximum Gasteiger partial charge on any atom is 0.153 e. The molecule has 0 spiro atoms. The van der Waals surface area contributed by atoms with Gasteiger partial charge in [-0.15, -0.1) is 0 Å². The summed E-state index contributed by atoms with van der Waals surface area (Å²) in [6.45, 7) is 0.787. The predicted molar refractivity (Wildman–Crippen MR) is 108 cm³/mol. The van der Waals surface area contributed by atoms with Crippen LogP contribution >= 0.6 is 0 Å². The van der Waals surface area contributed by atoms with Gasteiger partial charge >= 0.3 is 0 Å². The lowest BCUT2D eigenvalue weighted by atomic mass is 9.92. The Bertz CT molecular complexity index is 1050. The Balaban J connectivity index is 1.39. The molecule has 1 atom stereocenters. The number of pyridine rings is 1. The first kappa shape index (κ1) is 17.0. The Morgan fingerprint density at radius 3 is 2.86 bits per heavy atom. The molecule has 28 heavy (non-hydrogen) atoms. The number of hydrogen-bond acceptors (Lipinski definition) is 4. The molecule has 4 aromatic rings. The highest BCUT2D eigenvalue weighted by atomic mass is 16.3. The van der Waals surface area contributed by atoms with Crippen LogP contribution in [0.15, 0.2) is 77.7 Å². The average Bonchev–Trinajstić information content (AvgIpc) is 3.43. The summed E-state index contributed by atoms with van der Waals surface area (Å²) in [7, 11) is 0. The Hall–Kier alpha value is -3.18. The summed E-state index contributed by atoms with van der Waals surface area (Å²) in [6.07, 6.45) is 8.83. The third kappa shape index (κ3) is 3.14. The van der Waals surface area contributed by atoms with Crippen molar-refractivity contribution < 1.29 is 4.42 Å². The van der Waals surface area contributed by atoms with Gasteiger partial charge in [-0.3, -0.25) is 0 Å². The summed E-state index contributed by atoms with van der Waals surface area (Å²) in [5.74, 6) is 1.79. The molecule has 0 saturated heterocycles. The van der Waals surface area contributed by atoms with Crippen LogP contribution in [0.4, 0.5) is 0 Å². The molecule has 3 heterocycles. The monoisotopic (exact) mass is 370 g/mol. The van der Waals surface area contributed by atoms with Crippen molar-refractivity contribution in [3.05, 3.63) is 90.1 Å². The van der Waals surface area contributed by atoms with Crippen molar-refractivity contribution in [2.45, 2.75) is 31.8 Å². The fourth-order valence-electron chi connectivity index (χ4n) is 4.03. The van der Waals surface area contributed by atoms with Gasteiger partial charge in [-0.05, 0) is 49.1 Å². The van der Waals surface area contributed by atoms with E-state index in [9.17, 15) is 0 Å².